The monoisotopic (exact) mass is 446 g/mol. The molecule has 0 aromatic heterocycles. The van der Waals surface area contributed by atoms with Gasteiger partial charge in [0, 0.05) is 6.54 Å². The standard InChI is InChI=1S/C23H34N4O5/c1-14(2)12-18(26-20(28)17(24)13-16-8-5-4-6-9-16)22(30)27-11-7-10-19(27)21(29)25-15(3)23(31)32/h4-6,8-9,14-15,17-19H,7,10-13,24H2,1-3H3,(H,25,29)(H,26,28)(H,31,32). The molecular weight excluding hydrogens is 412 g/mol. The summed E-state index contributed by atoms with van der Waals surface area (Å²) in [4.78, 5) is 51.1. The highest BCUT2D eigenvalue weighted by atomic mass is 16.4. The summed E-state index contributed by atoms with van der Waals surface area (Å²) in [6.45, 7) is 5.63. The van der Waals surface area contributed by atoms with E-state index in [2.05, 4.69) is 10.6 Å². The zero-order chi connectivity index (χ0) is 23.8. The molecule has 9 heteroatoms. The molecule has 2 rings (SSSR count). The van der Waals surface area contributed by atoms with Crippen LogP contribution in [0.25, 0.3) is 0 Å². The summed E-state index contributed by atoms with van der Waals surface area (Å²) in [5.74, 6) is -2.30. The Balaban J connectivity index is 2.08. The smallest absolute Gasteiger partial charge is 0.325 e. The predicted molar refractivity (Wildman–Crippen MR) is 119 cm³/mol. The van der Waals surface area contributed by atoms with Crippen LogP contribution < -0.4 is 16.4 Å². The third-order valence-corrected chi connectivity index (χ3v) is 5.52. The second-order valence-corrected chi connectivity index (χ2v) is 8.75. The molecule has 1 aliphatic rings. The minimum Gasteiger partial charge on any atom is -0.480 e. The SMILES string of the molecule is CC(C)CC(NC(=O)C(N)Cc1ccccc1)C(=O)N1CCCC1C(=O)NC(C)C(=O)O. The van der Waals surface area contributed by atoms with E-state index in [0.29, 0.717) is 32.2 Å². The van der Waals surface area contributed by atoms with E-state index in [4.69, 9.17) is 10.8 Å². The Hall–Kier alpha value is -2.94. The summed E-state index contributed by atoms with van der Waals surface area (Å²) in [5, 5.41) is 14.3. The molecule has 1 aromatic rings. The third kappa shape index (κ3) is 7.05. The van der Waals surface area contributed by atoms with Crippen LogP contribution in [-0.2, 0) is 25.6 Å². The highest BCUT2D eigenvalue weighted by Gasteiger charge is 2.38. The van der Waals surface area contributed by atoms with Gasteiger partial charge in [-0.05, 0) is 44.1 Å². The number of carbonyl (C=O) groups is 4. The normalized spacial score (nSPS) is 18.7. The molecule has 0 spiro atoms. The van der Waals surface area contributed by atoms with Crippen molar-refractivity contribution in [3.63, 3.8) is 0 Å². The van der Waals surface area contributed by atoms with Crippen molar-refractivity contribution in [2.24, 2.45) is 11.7 Å². The molecular formula is C23H34N4O5. The largest absolute Gasteiger partial charge is 0.480 e. The number of benzene rings is 1. The van der Waals surface area contributed by atoms with E-state index < -0.39 is 42.0 Å². The van der Waals surface area contributed by atoms with Gasteiger partial charge in [0.15, 0.2) is 0 Å². The molecule has 1 aromatic carbocycles. The highest BCUT2D eigenvalue weighted by molar-refractivity contribution is 5.94. The lowest BCUT2D eigenvalue weighted by atomic mass is 10.0. The Labute approximate surface area is 188 Å². The Bertz CT molecular complexity index is 814. The first-order chi connectivity index (χ1) is 15.1. The molecule has 176 valence electrons. The van der Waals surface area contributed by atoms with Gasteiger partial charge in [-0.2, -0.15) is 0 Å². The van der Waals surface area contributed by atoms with Crippen molar-refractivity contribution < 1.29 is 24.3 Å². The number of nitrogens with one attached hydrogen (secondary N) is 2. The number of carbonyl (C=O) groups excluding carboxylic acids is 3. The van der Waals surface area contributed by atoms with Crippen molar-refractivity contribution in [2.75, 3.05) is 6.54 Å². The number of aliphatic carboxylic acids is 1. The van der Waals surface area contributed by atoms with E-state index in [-0.39, 0.29) is 11.8 Å². The molecule has 4 atom stereocenters. The first-order valence-corrected chi connectivity index (χ1v) is 11.0. The topological polar surface area (TPSA) is 142 Å². The van der Waals surface area contributed by atoms with Gasteiger partial charge in [0.25, 0.3) is 0 Å². The molecule has 1 aliphatic heterocycles. The number of nitrogens with zero attached hydrogens (tertiary/aromatic N) is 1. The summed E-state index contributed by atoms with van der Waals surface area (Å²) in [7, 11) is 0. The summed E-state index contributed by atoms with van der Waals surface area (Å²) in [5.41, 5.74) is 7.01. The average Bonchev–Trinajstić information content (AvgIpc) is 3.23. The molecule has 1 fully saturated rings. The quantitative estimate of drug-likeness (QED) is 0.416. The first-order valence-electron chi connectivity index (χ1n) is 11.0. The van der Waals surface area contributed by atoms with Crippen molar-refractivity contribution in [2.45, 2.75) is 70.6 Å². The van der Waals surface area contributed by atoms with Gasteiger partial charge < -0.3 is 26.4 Å². The number of rotatable bonds is 10. The zero-order valence-corrected chi connectivity index (χ0v) is 18.9. The molecule has 0 radical (unpaired) electrons. The lowest BCUT2D eigenvalue weighted by Crippen LogP contribution is -2.57. The van der Waals surface area contributed by atoms with Crippen LogP contribution in [0.3, 0.4) is 0 Å². The molecule has 0 bridgehead atoms. The molecule has 1 heterocycles. The van der Waals surface area contributed by atoms with Gasteiger partial charge in [0.05, 0.1) is 6.04 Å². The zero-order valence-electron chi connectivity index (χ0n) is 18.9. The van der Waals surface area contributed by atoms with Gasteiger partial charge in [-0.3, -0.25) is 19.2 Å². The fraction of sp³-hybridized carbons (Fsp3) is 0.565. The first kappa shape index (κ1) is 25.3. The predicted octanol–water partition coefficient (Wildman–Crippen LogP) is 0.668. The minimum atomic E-state index is -1.15. The van der Waals surface area contributed by atoms with Crippen LogP contribution in [-0.4, -0.2) is 64.4 Å². The summed E-state index contributed by atoms with van der Waals surface area (Å²) < 4.78 is 0. The van der Waals surface area contributed by atoms with Crippen LogP contribution in [0.5, 0.6) is 0 Å². The van der Waals surface area contributed by atoms with Crippen molar-refractivity contribution in [1.82, 2.24) is 15.5 Å². The van der Waals surface area contributed by atoms with E-state index in [0.717, 1.165) is 5.56 Å². The number of hydrogen-bond donors (Lipinski definition) is 4. The number of carboxylic acids is 1. The van der Waals surface area contributed by atoms with Crippen LogP contribution in [0.1, 0.15) is 45.6 Å². The molecule has 4 unspecified atom stereocenters. The van der Waals surface area contributed by atoms with Gasteiger partial charge in [-0.1, -0.05) is 44.2 Å². The minimum absolute atomic E-state index is 0.122. The van der Waals surface area contributed by atoms with E-state index in [1.165, 1.54) is 11.8 Å². The van der Waals surface area contributed by atoms with Gasteiger partial charge in [0.1, 0.15) is 18.1 Å². The van der Waals surface area contributed by atoms with Crippen molar-refractivity contribution in [1.29, 1.82) is 0 Å². The highest BCUT2D eigenvalue weighted by Crippen LogP contribution is 2.21. The second kappa shape index (κ2) is 11.6. The maximum atomic E-state index is 13.3. The van der Waals surface area contributed by atoms with Crippen molar-refractivity contribution in [3.05, 3.63) is 35.9 Å². The number of hydrogen-bond acceptors (Lipinski definition) is 5. The molecule has 9 nitrogen and oxygen atoms in total. The van der Waals surface area contributed by atoms with Crippen molar-refractivity contribution in [3.8, 4) is 0 Å². The van der Waals surface area contributed by atoms with E-state index >= 15 is 0 Å². The summed E-state index contributed by atoms with van der Waals surface area (Å²) >= 11 is 0. The van der Waals surface area contributed by atoms with Crippen molar-refractivity contribution >= 4 is 23.7 Å². The van der Waals surface area contributed by atoms with Crippen LogP contribution in [0.2, 0.25) is 0 Å². The molecule has 0 aliphatic carbocycles. The number of nitrogens with two attached hydrogens (primary N) is 1. The molecule has 0 saturated carbocycles. The van der Waals surface area contributed by atoms with E-state index in [1.54, 1.807) is 0 Å². The fourth-order valence-electron chi connectivity index (χ4n) is 3.81. The molecule has 32 heavy (non-hydrogen) atoms. The van der Waals surface area contributed by atoms with Gasteiger partial charge in [-0.25, -0.2) is 0 Å². The number of likely N-dealkylation sites (tertiary alicyclic amines) is 1. The molecule has 1 saturated heterocycles. The van der Waals surface area contributed by atoms with Gasteiger partial charge in [-0.15, -0.1) is 0 Å². The summed E-state index contributed by atoms with van der Waals surface area (Å²) in [6, 6.07) is 5.96. The maximum absolute atomic E-state index is 13.3. The second-order valence-electron chi connectivity index (χ2n) is 8.75. The number of carboxylic acid groups (broad SMARTS) is 1. The summed E-state index contributed by atoms with van der Waals surface area (Å²) in [6.07, 6.45) is 1.82. The Morgan fingerprint density at radius 2 is 1.78 bits per heavy atom. The number of amides is 3. The van der Waals surface area contributed by atoms with Crippen LogP contribution in [0, 0.1) is 5.92 Å². The van der Waals surface area contributed by atoms with E-state index in [9.17, 15) is 19.2 Å². The average molecular weight is 447 g/mol. The van der Waals surface area contributed by atoms with Crippen LogP contribution in [0.4, 0.5) is 0 Å². The lowest BCUT2D eigenvalue weighted by molar-refractivity contribution is -0.144. The van der Waals surface area contributed by atoms with Crippen LogP contribution in [0.15, 0.2) is 30.3 Å². The Morgan fingerprint density at radius 1 is 1.12 bits per heavy atom. The maximum Gasteiger partial charge on any atom is 0.325 e. The van der Waals surface area contributed by atoms with Gasteiger partial charge >= 0.3 is 5.97 Å². The molecule has 5 N–H and O–H groups in total. The fourth-order valence-corrected chi connectivity index (χ4v) is 3.81. The Morgan fingerprint density at radius 3 is 2.38 bits per heavy atom. The lowest BCUT2D eigenvalue weighted by Gasteiger charge is -2.30. The van der Waals surface area contributed by atoms with Gasteiger partial charge in [0.2, 0.25) is 17.7 Å². The van der Waals surface area contributed by atoms with E-state index in [1.807, 2.05) is 44.2 Å². The third-order valence-electron chi connectivity index (χ3n) is 5.52. The Kier molecular flexibility index (Phi) is 9.19. The molecule has 3 amide bonds. The van der Waals surface area contributed by atoms with Crippen LogP contribution >= 0.6 is 0 Å².